The molecule has 0 radical (unpaired) electrons. The number of nitro benzene ring substituents is 1. The topological polar surface area (TPSA) is 148 Å². The van der Waals surface area contributed by atoms with E-state index in [0.29, 0.717) is 0 Å². The van der Waals surface area contributed by atoms with Crippen molar-refractivity contribution in [2.45, 2.75) is 0 Å². The number of aromatic hydroxyl groups is 2. The second-order valence-electron chi connectivity index (χ2n) is 8.35. The van der Waals surface area contributed by atoms with Crippen LogP contribution in [0.2, 0.25) is 0 Å². The van der Waals surface area contributed by atoms with Crippen molar-refractivity contribution < 1.29 is 29.1 Å². The van der Waals surface area contributed by atoms with E-state index in [1.807, 2.05) is 0 Å². The Morgan fingerprint density at radius 1 is 0.763 bits per heavy atom. The largest absolute Gasteiger partial charge is 0.507 e. The van der Waals surface area contributed by atoms with Crippen LogP contribution in [0.5, 0.6) is 11.5 Å². The molecular weight excluding hydrogens is 490 g/mol. The van der Waals surface area contributed by atoms with Gasteiger partial charge in [-0.2, -0.15) is 0 Å². The number of phenols is 1. The zero-order chi connectivity index (χ0) is 27.0. The van der Waals surface area contributed by atoms with Gasteiger partial charge in [-0.1, -0.05) is 36.4 Å². The van der Waals surface area contributed by atoms with Gasteiger partial charge in [0, 0.05) is 34.4 Å². The maximum absolute atomic E-state index is 13.6. The first kappa shape index (κ1) is 24.1. The molecule has 186 valence electrons. The molecule has 1 heterocycles. The second-order valence-corrected chi connectivity index (χ2v) is 8.35. The summed E-state index contributed by atoms with van der Waals surface area (Å²) < 4.78 is 5.37. The van der Waals surface area contributed by atoms with Crippen molar-refractivity contribution in [3.05, 3.63) is 134 Å². The summed E-state index contributed by atoms with van der Waals surface area (Å²) in [5, 5.41) is 32.4. The Hall–Kier alpha value is -5.57. The molecule has 4 aromatic carbocycles. The first-order valence-electron chi connectivity index (χ1n) is 11.3. The lowest BCUT2D eigenvalue weighted by Gasteiger charge is -2.13. The maximum Gasteiger partial charge on any atom is 0.348 e. The summed E-state index contributed by atoms with van der Waals surface area (Å²) in [5.74, 6) is -1.90. The van der Waals surface area contributed by atoms with E-state index in [9.17, 15) is 34.7 Å². The van der Waals surface area contributed by atoms with Crippen LogP contribution in [0.15, 0.2) is 100 Å². The molecule has 0 bridgehead atoms. The van der Waals surface area contributed by atoms with E-state index in [2.05, 4.69) is 0 Å². The van der Waals surface area contributed by atoms with E-state index in [4.69, 9.17) is 4.42 Å². The number of carbonyl (C=O) groups excluding carboxylic acids is 2. The first-order valence-corrected chi connectivity index (χ1v) is 11.3. The van der Waals surface area contributed by atoms with Gasteiger partial charge in [-0.3, -0.25) is 19.7 Å². The molecule has 0 saturated heterocycles. The average Bonchev–Trinajstić information content (AvgIpc) is 2.92. The van der Waals surface area contributed by atoms with E-state index in [1.165, 1.54) is 48.5 Å². The molecule has 0 aliphatic heterocycles. The van der Waals surface area contributed by atoms with Crippen molar-refractivity contribution in [2.75, 3.05) is 0 Å². The van der Waals surface area contributed by atoms with Gasteiger partial charge in [0.15, 0.2) is 11.6 Å². The molecule has 38 heavy (non-hydrogen) atoms. The number of ketones is 2. The lowest BCUT2D eigenvalue weighted by molar-refractivity contribution is -0.384. The molecule has 0 aliphatic rings. The summed E-state index contributed by atoms with van der Waals surface area (Å²) in [6.45, 7) is 0. The van der Waals surface area contributed by atoms with Crippen LogP contribution in [0, 0.1) is 10.1 Å². The smallest absolute Gasteiger partial charge is 0.348 e. The van der Waals surface area contributed by atoms with E-state index >= 15 is 0 Å². The van der Waals surface area contributed by atoms with Crippen LogP contribution in [-0.4, -0.2) is 26.7 Å². The molecule has 9 nitrogen and oxygen atoms in total. The van der Waals surface area contributed by atoms with Gasteiger partial charge in [-0.15, -0.1) is 0 Å². The van der Waals surface area contributed by atoms with Gasteiger partial charge in [0.2, 0.25) is 0 Å². The molecule has 0 fully saturated rings. The van der Waals surface area contributed by atoms with Crippen molar-refractivity contribution in [1.82, 2.24) is 0 Å². The SMILES string of the molecule is O=C(c1ccc(-c2c(O)c3ccccc3oc2=O)c(C(=O)c2ccc([N+](=O)[O-])cc2)c1)c1ccccc1O. The van der Waals surface area contributed by atoms with Gasteiger partial charge in [-0.25, -0.2) is 4.79 Å². The van der Waals surface area contributed by atoms with Crippen molar-refractivity contribution >= 4 is 28.2 Å². The number of phenolic OH excluding ortho intramolecular Hbond substituents is 1. The summed E-state index contributed by atoms with van der Waals surface area (Å²) in [7, 11) is 0. The molecule has 0 atom stereocenters. The Kier molecular flexibility index (Phi) is 6.02. The van der Waals surface area contributed by atoms with E-state index in [1.54, 1.807) is 30.3 Å². The third kappa shape index (κ3) is 4.18. The molecule has 0 saturated carbocycles. The molecule has 5 aromatic rings. The number of nitro groups is 1. The quantitative estimate of drug-likeness (QED) is 0.137. The molecular formula is C29H17NO8. The first-order chi connectivity index (χ1) is 18.3. The summed E-state index contributed by atoms with van der Waals surface area (Å²) in [6.07, 6.45) is 0. The van der Waals surface area contributed by atoms with Crippen LogP contribution in [0.4, 0.5) is 5.69 Å². The Morgan fingerprint density at radius 3 is 2.11 bits per heavy atom. The van der Waals surface area contributed by atoms with Crippen molar-refractivity contribution in [1.29, 1.82) is 0 Å². The van der Waals surface area contributed by atoms with Crippen molar-refractivity contribution in [3.63, 3.8) is 0 Å². The molecule has 5 rings (SSSR count). The van der Waals surface area contributed by atoms with Crippen LogP contribution < -0.4 is 5.63 Å². The van der Waals surface area contributed by atoms with Gasteiger partial charge in [0.05, 0.1) is 15.9 Å². The van der Waals surface area contributed by atoms with E-state index < -0.39 is 27.9 Å². The van der Waals surface area contributed by atoms with Crippen LogP contribution in [-0.2, 0) is 0 Å². The summed E-state index contributed by atoms with van der Waals surface area (Å²) >= 11 is 0. The lowest BCUT2D eigenvalue weighted by Crippen LogP contribution is -2.11. The Bertz CT molecular complexity index is 1820. The Labute approximate surface area is 214 Å². The molecule has 0 spiro atoms. The van der Waals surface area contributed by atoms with Crippen LogP contribution in [0.25, 0.3) is 22.1 Å². The van der Waals surface area contributed by atoms with Gasteiger partial charge >= 0.3 is 5.63 Å². The summed E-state index contributed by atoms with van der Waals surface area (Å²) in [5.41, 5.74) is -1.31. The molecule has 9 heteroatoms. The summed E-state index contributed by atoms with van der Waals surface area (Å²) in [4.78, 5) is 50.2. The zero-order valence-corrected chi connectivity index (χ0v) is 19.5. The maximum atomic E-state index is 13.6. The number of non-ortho nitro benzene ring substituents is 1. The zero-order valence-electron chi connectivity index (χ0n) is 19.5. The van der Waals surface area contributed by atoms with Crippen LogP contribution >= 0.6 is 0 Å². The number of carbonyl (C=O) groups is 2. The van der Waals surface area contributed by atoms with Crippen molar-refractivity contribution in [2.24, 2.45) is 0 Å². The number of hydrogen-bond donors (Lipinski definition) is 2. The van der Waals surface area contributed by atoms with Gasteiger partial charge < -0.3 is 14.6 Å². The molecule has 0 amide bonds. The average molecular weight is 507 g/mol. The fourth-order valence-electron chi connectivity index (χ4n) is 4.17. The van der Waals surface area contributed by atoms with Crippen LogP contribution in [0.3, 0.4) is 0 Å². The number of hydrogen-bond acceptors (Lipinski definition) is 8. The molecule has 2 N–H and O–H groups in total. The van der Waals surface area contributed by atoms with Crippen LogP contribution in [0.1, 0.15) is 31.8 Å². The number of fused-ring (bicyclic) bond motifs is 1. The Balaban J connectivity index is 1.73. The number of benzene rings is 4. The standard InChI is InChI=1S/C29H17NO8/c31-23-7-3-1-5-20(23)27(33)17-11-14-19(25-28(34)21-6-2-4-8-24(21)38-29(25)35)22(15-17)26(32)16-9-12-18(13-10-16)30(36)37/h1-15,31,34H. The number of rotatable bonds is 6. The lowest BCUT2D eigenvalue weighted by atomic mass is 9.90. The van der Waals surface area contributed by atoms with Crippen molar-refractivity contribution in [3.8, 4) is 22.6 Å². The summed E-state index contributed by atoms with van der Waals surface area (Å²) in [6, 6.07) is 21.0. The predicted octanol–water partition coefficient (Wildman–Crippen LogP) is 5.24. The molecule has 0 unspecified atom stereocenters. The Morgan fingerprint density at radius 2 is 1.39 bits per heavy atom. The highest BCUT2D eigenvalue weighted by molar-refractivity contribution is 6.17. The highest BCUT2D eigenvalue weighted by atomic mass is 16.6. The number of nitrogens with zero attached hydrogens (tertiary/aromatic N) is 1. The minimum atomic E-state index is -0.904. The minimum absolute atomic E-state index is 0.000751. The minimum Gasteiger partial charge on any atom is -0.507 e. The van der Waals surface area contributed by atoms with E-state index in [0.717, 1.165) is 12.1 Å². The third-order valence-corrected chi connectivity index (χ3v) is 6.07. The predicted molar refractivity (Wildman–Crippen MR) is 138 cm³/mol. The fourth-order valence-corrected chi connectivity index (χ4v) is 4.17. The molecule has 1 aromatic heterocycles. The van der Waals surface area contributed by atoms with Gasteiger partial charge in [0.25, 0.3) is 5.69 Å². The third-order valence-electron chi connectivity index (χ3n) is 6.07. The normalized spacial score (nSPS) is 10.8. The van der Waals surface area contributed by atoms with Gasteiger partial charge in [0.1, 0.15) is 22.6 Å². The van der Waals surface area contributed by atoms with E-state index in [-0.39, 0.29) is 55.8 Å². The number of para-hydroxylation sites is 2. The fraction of sp³-hybridized carbons (Fsp3) is 0. The second kappa shape index (κ2) is 9.47. The monoisotopic (exact) mass is 507 g/mol. The highest BCUT2D eigenvalue weighted by Gasteiger charge is 2.25. The highest BCUT2D eigenvalue weighted by Crippen LogP contribution is 2.36. The molecule has 0 aliphatic carbocycles. The van der Waals surface area contributed by atoms with Gasteiger partial charge in [-0.05, 0) is 42.5 Å².